The summed E-state index contributed by atoms with van der Waals surface area (Å²) in [7, 11) is 0. The van der Waals surface area contributed by atoms with E-state index < -0.39 is 0 Å². The smallest absolute Gasteiger partial charge is 0.0901 e. The van der Waals surface area contributed by atoms with Crippen molar-refractivity contribution in [3.05, 3.63) is 53.6 Å². The average molecular weight is 312 g/mol. The fraction of sp³-hybridized carbons (Fsp3) is 0.222. The van der Waals surface area contributed by atoms with E-state index in [-0.39, 0.29) is 0 Å². The number of H-pyrrole nitrogens is 1. The predicted octanol–water partition coefficient (Wildman–Crippen LogP) is 5.43. The Labute approximate surface area is 135 Å². The standard InChI is InChI=1S/C18H18ClN3/c1-10(2)15-6-12-5-14(19)13(7-16(12)22-15)18-9-20-17(8-21-18)11(3)4/h5-10,22H,3H2,1-2,4H3. The molecule has 0 bridgehead atoms. The Bertz CT molecular complexity index is 845. The van der Waals surface area contributed by atoms with Crippen LogP contribution in [0.2, 0.25) is 5.02 Å². The first-order valence-corrected chi connectivity index (χ1v) is 7.64. The van der Waals surface area contributed by atoms with E-state index in [2.05, 4.69) is 41.4 Å². The van der Waals surface area contributed by atoms with E-state index in [1.807, 2.05) is 19.1 Å². The summed E-state index contributed by atoms with van der Waals surface area (Å²) < 4.78 is 0. The average Bonchev–Trinajstić information content (AvgIpc) is 2.89. The SMILES string of the molecule is C=C(C)c1cnc(-c2cc3[nH]c(C(C)C)cc3cc2Cl)cn1. The molecule has 4 heteroatoms. The van der Waals surface area contributed by atoms with Gasteiger partial charge in [0.1, 0.15) is 0 Å². The topological polar surface area (TPSA) is 41.6 Å². The number of hydrogen-bond donors (Lipinski definition) is 1. The molecule has 0 aliphatic carbocycles. The first-order chi connectivity index (χ1) is 10.5. The highest BCUT2D eigenvalue weighted by Gasteiger charge is 2.11. The summed E-state index contributed by atoms with van der Waals surface area (Å²) in [6.45, 7) is 10.1. The number of allylic oxidation sites excluding steroid dienone is 1. The van der Waals surface area contributed by atoms with Crippen molar-refractivity contribution in [1.29, 1.82) is 0 Å². The summed E-state index contributed by atoms with van der Waals surface area (Å²) in [5.41, 5.74) is 5.60. The Balaban J connectivity index is 2.09. The van der Waals surface area contributed by atoms with Gasteiger partial charge in [-0.05, 0) is 36.6 Å². The Morgan fingerprint density at radius 3 is 2.55 bits per heavy atom. The number of nitrogens with one attached hydrogen (secondary N) is 1. The van der Waals surface area contributed by atoms with Crippen LogP contribution >= 0.6 is 11.6 Å². The number of fused-ring (bicyclic) bond motifs is 1. The second-order valence-corrected chi connectivity index (χ2v) is 6.27. The third kappa shape index (κ3) is 2.64. The number of aromatic nitrogens is 3. The van der Waals surface area contributed by atoms with Crippen LogP contribution in [0.15, 0.2) is 37.2 Å². The molecule has 112 valence electrons. The summed E-state index contributed by atoms with van der Waals surface area (Å²) in [5.74, 6) is 0.448. The lowest BCUT2D eigenvalue weighted by atomic mass is 10.1. The van der Waals surface area contributed by atoms with Crippen LogP contribution in [0, 0.1) is 0 Å². The zero-order valence-corrected chi connectivity index (χ0v) is 13.7. The van der Waals surface area contributed by atoms with Gasteiger partial charge in [0.15, 0.2) is 0 Å². The highest BCUT2D eigenvalue weighted by molar-refractivity contribution is 6.34. The van der Waals surface area contributed by atoms with Crippen molar-refractivity contribution in [3.8, 4) is 11.3 Å². The molecule has 0 spiro atoms. The Morgan fingerprint density at radius 1 is 1.18 bits per heavy atom. The largest absolute Gasteiger partial charge is 0.358 e. The van der Waals surface area contributed by atoms with Crippen molar-refractivity contribution in [2.75, 3.05) is 0 Å². The van der Waals surface area contributed by atoms with Crippen LogP contribution in [0.3, 0.4) is 0 Å². The minimum atomic E-state index is 0.448. The van der Waals surface area contributed by atoms with Crippen molar-refractivity contribution in [2.24, 2.45) is 0 Å². The molecule has 0 unspecified atom stereocenters. The van der Waals surface area contributed by atoms with E-state index in [0.29, 0.717) is 10.9 Å². The van der Waals surface area contributed by atoms with Crippen molar-refractivity contribution >= 4 is 28.1 Å². The number of rotatable bonds is 3. The lowest BCUT2D eigenvalue weighted by Crippen LogP contribution is -1.91. The van der Waals surface area contributed by atoms with Crippen LogP contribution in [0.4, 0.5) is 0 Å². The maximum absolute atomic E-state index is 6.43. The Morgan fingerprint density at radius 2 is 1.95 bits per heavy atom. The molecule has 1 aromatic carbocycles. The van der Waals surface area contributed by atoms with E-state index >= 15 is 0 Å². The highest BCUT2D eigenvalue weighted by atomic mass is 35.5. The van der Waals surface area contributed by atoms with Gasteiger partial charge in [0, 0.05) is 22.2 Å². The van der Waals surface area contributed by atoms with Crippen LogP contribution in [-0.2, 0) is 0 Å². The van der Waals surface area contributed by atoms with Gasteiger partial charge < -0.3 is 4.98 Å². The van der Waals surface area contributed by atoms with E-state index in [1.54, 1.807) is 12.4 Å². The molecule has 0 amide bonds. The fourth-order valence-corrected chi connectivity index (χ4v) is 2.64. The summed E-state index contributed by atoms with van der Waals surface area (Å²) in [4.78, 5) is 12.3. The van der Waals surface area contributed by atoms with Gasteiger partial charge in [0.25, 0.3) is 0 Å². The van der Waals surface area contributed by atoms with Crippen molar-refractivity contribution < 1.29 is 0 Å². The van der Waals surface area contributed by atoms with E-state index in [4.69, 9.17) is 11.6 Å². The molecule has 0 aliphatic rings. The quantitative estimate of drug-likeness (QED) is 0.700. The number of benzene rings is 1. The molecule has 0 fully saturated rings. The second-order valence-electron chi connectivity index (χ2n) is 5.87. The van der Waals surface area contributed by atoms with Gasteiger partial charge in [-0.1, -0.05) is 32.0 Å². The Hall–Kier alpha value is -2.13. The molecule has 0 radical (unpaired) electrons. The zero-order valence-electron chi connectivity index (χ0n) is 12.9. The van der Waals surface area contributed by atoms with E-state index in [0.717, 1.165) is 33.4 Å². The van der Waals surface area contributed by atoms with Crippen molar-refractivity contribution in [3.63, 3.8) is 0 Å². The van der Waals surface area contributed by atoms with Crippen molar-refractivity contribution in [1.82, 2.24) is 15.0 Å². The van der Waals surface area contributed by atoms with Gasteiger partial charge in [-0.2, -0.15) is 0 Å². The molecule has 0 aliphatic heterocycles. The second kappa shape index (κ2) is 5.58. The zero-order chi connectivity index (χ0) is 15.9. The van der Waals surface area contributed by atoms with E-state index in [1.165, 1.54) is 5.69 Å². The monoisotopic (exact) mass is 311 g/mol. The van der Waals surface area contributed by atoms with Crippen molar-refractivity contribution in [2.45, 2.75) is 26.7 Å². The molecule has 3 nitrogen and oxygen atoms in total. The minimum absolute atomic E-state index is 0.448. The summed E-state index contributed by atoms with van der Waals surface area (Å²) >= 11 is 6.43. The number of nitrogens with zero attached hydrogens (tertiary/aromatic N) is 2. The van der Waals surface area contributed by atoms with Crippen LogP contribution in [0.1, 0.15) is 38.1 Å². The van der Waals surface area contributed by atoms with Gasteiger partial charge in [-0.3, -0.25) is 9.97 Å². The molecular weight excluding hydrogens is 294 g/mol. The molecule has 3 aromatic rings. The lowest BCUT2D eigenvalue weighted by molar-refractivity contribution is 0.836. The predicted molar refractivity (Wildman–Crippen MR) is 93.1 cm³/mol. The van der Waals surface area contributed by atoms with Crippen LogP contribution < -0.4 is 0 Å². The third-order valence-corrected chi connectivity index (χ3v) is 4.03. The summed E-state index contributed by atoms with van der Waals surface area (Å²) in [6.07, 6.45) is 3.47. The summed E-state index contributed by atoms with van der Waals surface area (Å²) in [6, 6.07) is 6.16. The molecule has 0 saturated carbocycles. The van der Waals surface area contributed by atoms with Crippen LogP contribution in [0.5, 0.6) is 0 Å². The van der Waals surface area contributed by atoms with Gasteiger partial charge in [-0.25, -0.2) is 0 Å². The third-order valence-electron chi connectivity index (χ3n) is 3.72. The molecule has 0 saturated heterocycles. The molecule has 3 rings (SSSR count). The van der Waals surface area contributed by atoms with Crippen LogP contribution in [0.25, 0.3) is 27.7 Å². The molecule has 2 aromatic heterocycles. The van der Waals surface area contributed by atoms with Gasteiger partial charge >= 0.3 is 0 Å². The first-order valence-electron chi connectivity index (χ1n) is 7.26. The van der Waals surface area contributed by atoms with E-state index in [9.17, 15) is 0 Å². The molecule has 0 atom stereocenters. The van der Waals surface area contributed by atoms with Crippen LogP contribution in [-0.4, -0.2) is 15.0 Å². The van der Waals surface area contributed by atoms with Gasteiger partial charge in [0.2, 0.25) is 0 Å². The number of hydrogen-bond acceptors (Lipinski definition) is 2. The number of halogens is 1. The molecule has 22 heavy (non-hydrogen) atoms. The fourth-order valence-electron chi connectivity index (χ4n) is 2.37. The molecule has 1 N–H and O–H groups in total. The first kappa shape index (κ1) is 14.8. The van der Waals surface area contributed by atoms with Gasteiger partial charge in [0.05, 0.1) is 28.8 Å². The maximum Gasteiger partial charge on any atom is 0.0901 e. The minimum Gasteiger partial charge on any atom is -0.358 e. The molecular formula is C18H18ClN3. The highest BCUT2D eigenvalue weighted by Crippen LogP contribution is 2.32. The molecule has 2 heterocycles. The Kier molecular flexibility index (Phi) is 3.75. The van der Waals surface area contributed by atoms with Gasteiger partial charge in [-0.15, -0.1) is 0 Å². The maximum atomic E-state index is 6.43. The normalized spacial score (nSPS) is 11.3. The number of aromatic amines is 1. The lowest BCUT2D eigenvalue weighted by Gasteiger charge is -2.05. The summed E-state index contributed by atoms with van der Waals surface area (Å²) in [5, 5.41) is 1.79.